The van der Waals surface area contributed by atoms with E-state index in [1.54, 1.807) is 24.4 Å². The first-order valence-electron chi connectivity index (χ1n) is 7.85. The fourth-order valence-corrected chi connectivity index (χ4v) is 2.43. The van der Waals surface area contributed by atoms with Gasteiger partial charge in [0.05, 0.1) is 11.3 Å². The summed E-state index contributed by atoms with van der Waals surface area (Å²) in [6, 6.07) is 20.0. The van der Waals surface area contributed by atoms with Crippen LogP contribution in [0.25, 0.3) is 0 Å². The predicted octanol–water partition coefficient (Wildman–Crippen LogP) is 4.63. The van der Waals surface area contributed by atoms with E-state index in [1.807, 2.05) is 30.3 Å². The highest BCUT2D eigenvalue weighted by atomic mass is 19.3. The number of hydrogen-bond acceptors (Lipinski definition) is 4. The number of ether oxygens (including phenoxy) is 2. The van der Waals surface area contributed by atoms with Gasteiger partial charge >= 0.3 is 12.6 Å². The molecule has 3 aromatic rings. The minimum Gasteiger partial charge on any atom is -0.447 e. The molecule has 6 heteroatoms. The Morgan fingerprint density at radius 2 is 1.69 bits per heavy atom. The molecule has 26 heavy (non-hydrogen) atoms. The van der Waals surface area contributed by atoms with Crippen molar-refractivity contribution in [2.24, 2.45) is 0 Å². The van der Waals surface area contributed by atoms with Gasteiger partial charge < -0.3 is 9.47 Å². The smallest absolute Gasteiger partial charge is 0.387 e. The van der Waals surface area contributed by atoms with E-state index < -0.39 is 18.7 Å². The van der Waals surface area contributed by atoms with Crippen LogP contribution in [0.15, 0.2) is 79.0 Å². The van der Waals surface area contributed by atoms with Crippen molar-refractivity contribution in [1.82, 2.24) is 4.98 Å². The van der Waals surface area contributed by atoms with E-state index in [1.165, 1.54) is 24.3 Å². The number of carbonyl (C=O) groups is 1. The van der Waals surface area contributed by atoms with Crippen LogP contribution in [0.2, 0.25) is 0 Å². The van der Waals surface area contributed by atoms with Gasteiger partial charge in [0, 0.05) is 6.20 Å². The highest BCUT2D eigenvalue weighted by molar-refractivity contribution is 5.90. The van der Waals surface area contributed by atoms with Crippen molar-refractivity contribution in [3.05, 3.63) is 95.8 Å². The third-order valence-corrected chi connectivity index (χ3v) is 3.58. The fourth-order valence-electron chi connectivity index (χ4n) is 2.43. The average molecular weight is 355 g/mol. The highest BCUT2D eigenvalue weighted by Crippen LogP contribution is 2.26. The number of benzene rings is 2. The first kappa shape index (κ1) is 17.5. The molecule has 132 valence electrons. The second-order valence-corrected chi connectivity index (χ2v) is 5.36. The Morgan fingerprint density at radius 3 is 2.38 bits per heavy atom. The summed E-state index contributed by atoms with van der Waals surface area (Å²) in [4.78, 5) is 16.8. The van der Waals surface area contributed by atoms with E-state index in [2.05, 4.69) is 9.72 Å². The quantitative estimate of drug-likeness (QED) is 0.605. The third-order valence-electron chi connectivity index (χ3n) is 3.58. The first-order chi connectivity index (χ1) is 12.6. The molecule has 0 aliphatic heterocycles. The van der Waals surface area contributed by atoms with Crippen LogP contribution in [0.5, 0.6) is 5.75 Å². The number of alkyl halides is 2. The molecule has 3 rings (SSSR count). The lowest BCUT2D eigenvalue weighted by molar-refractivity contribution is -0.0499. The van der Waals surface area contributed by atoms with Crippen molar-refractivity contribution >= 4 is 5.97 Å². The van der Waals surface area contributed by atoms with Crippen LogP contribution in [0, 0.1) is 0 Å². The van der Waals surface area contributed by atoms with Gasteiger partial charge in [0.1, 0.15) is 5.75 Å². The number of rotatable bonds is 6. The minimum atomic E-state index is -2.97. The Morgan fingerprint density at radius 1 is 0.923 bits per heavy atom. The Kier molecular flexibility index (Phi) is 5.53. The van der Waals surface area contributed by atoms with Gasteiger partial charge in [0.2, 0.25) is 0 Å². The van der Waals surface area contributed by atoms with Gasteiger partial charge in [-0.1, -0.05) is 42.5 Å². The van der Waals surface area contributed by atoms with Crippen molar-refractivity contribution in [1.29, 1.82) is 0 Å². The highest BCUT2D eigenvalue weighted by Gasteiger charge is 2.21. The summed E-state index contributed by atoms with van der Waals surface area (Å²) in [5.74, 6) is -0.771. The van der Waals surface area contributed by atoms with Crippen molar-refractivity contribution in [2.75, 3.05) is 0 Å². The van der Waals surface area contributed by atoms with Crippen LogP contribution in [-0.4, -0.2) is 17.6 Å². The summed E-state index contributed by atoms with van der Waals surface area (Å²) in [5.41, 5.74) is 1.42. The zero-order valence-electron chi connectivity index (χ0n) is 13.6. The Hall–Kier alpha value is -3.28. The minimum absolute atomic E-state index is 0.108. The fraction of sp³-hybridized carbons (Fsp3) is 0.100. The summed E-state index contributed by atoms with van der Waals surface area (Å²) >= 11 is 0. The van der Waals surface area contributed by atoms with Crippen LogP contribution in [-0.2, 0) is 4.74 Å². The predicted molar refractivity (Wildman–Crippen MR) is 91.0 cm³/mol. The number of carbonyl (C=O) groups excluding carboxylic acids is 1. The van der Waals surface area contributed by atoms with Crippen molar-refractivity contribution in [2.45, 2.75) is 12.7 Å². The molecule has 0 aliphatic rings. The van der Waals surface area contributed by atoms with Gasteiger partial charge in [0.25, 0.3) is 0 Å². The molecule has 2 aromatic carbocycles. The molecule has 0 bridgehead atoms. The second-order valence-electron chi connectivity index (χ2n) is 5.36. The summed E-state index contributed by atoms with van der Waals surface area (Å²) in [7, 11) is 0. The lowest BCUT2D eigenvalue weighted by Gasteiger charge is -2.18. The third kappa shape index (κ3) is 4.42. The number of nitrogens with zero attached hydrogens (tertiary/aromatic N) is 1. The molecule has 0 saturated heterocycles. The molecule has 0 aliphatic carbocycles. The maximum Gasteiger partial charge on any atom is 0.387 e. The van der Waals surface area contributed by atoms with E-state index in [-0.39, 0.29) is 11.3 Å². The molecule has 1 heterocycles. The summed E-state index contributed by atoms with van der Waals surface area (Å²) in [5, 5.41) is 0. The van der Waals surface area contributed by atoms with Crippen molar-refractivity contribution in [3.63, 3.8) is 0 Å². The Balaban J connectivity index is 1.86. The first-order valence-corrected chi connectivity index (χ1v) is 7.85. The van der Waals surface area contributed by atoms with E-state index in [0.29, 0.717) is 5.69 Å². The van der Waals surface area contributed by atoms with E-state index in [4.69, 9.17) is 4.74 Å². The largest absolute Gasteiger partial charge is 0.447 e. The second kappa shape index (κ2) is 8.20. The lowest BCUT2D eigenvalue weighted by atomic mass is 10.1. The molecule has 0 fully saturated rings. The molecule has 0 amide bonds. The number of aromatic nitrogens is 1. The summed E-state index contributed by atoms with van der Waals surface area (Å²) in [6.45, 7) is -2.97. The summed E-state index contributed by atoms with van der Waals surface area (Å²) in [6.07, 6.45) is 0.889. The normalized spacial score (nSPS) is 11.8. The van der Waals surface area contributed by atoms with Gasteiger partial charge in [-0.25, -0.2) is 4.79 Å². The molecule has 0 spiro atoms. The van der Waals surface area contributed by atoms with Gasteiger partial charge in [0.15, 0.2) is 6.10 Å². The van der Waals surface area contributed by atoms with E-state index in [9.17, 15) is 13.6 Å². The standard InChI is InChI=1S/C20H15F2NO3/c21-20(22)25-16-10-6-9-15(13-16)19(24)26-18(14-7-2-1-3-8-14)17-11-4-5-12-23-17/h1-13,18,20H. The van der Waals surface area contributed by atoms with Gasteiger partial charge in [-0.05, 0) is 35.9 Å². The summed E-state index contributed by atoms with van der Waals surface area (Å²) < 4.78 is 34.7. The van der Waals surface area contributed by atoms with Crippen LogP contribution in [0.4, 0.5) is 8.78 Å². The molecular weight excluding hydrogens is 340 g/mol. The number of pyridine rings is 1. The van der Waals surface area contributed by atoms with Crippen molar-refractivity contribution < 1.29 is 23.0 Å². The van der Waals surface area contributed by atoms with Gasteiger partial charge in [-0.15, -0.1) is 0 Å². The monoisotopic (exact) mass is 355 g/mol. The van der Waals surface area contributed by atoms with Crippen LogP contribution in [0.1, 0.15) is 27.7 Å². The van der Waals surface area contributed by atoms with Crippen LogP contribution < -0.4 is 4.74 Å². The lowest BCUT2D eigenvalue weighted by Crippen LogP contribution is -2.14. The maximum absolute atomic E-state index is 12.5. The number of hydrogen-bond donors (Lipinski definition) is 0. The van der Waals surface area contributed by atoms with Crippen molar-refractivity contribution in [3.8, 4) is 5.75 Å². The number of esters is 1. The Bertz CT molecular complexity index is 818. The average Bonchev–Trinajstić information content (AvgIpc) is 2.67. The molecular formula is C20H15F2NO3. The van der Waals surface area contributed by atoms with Gasteiger partial charge in [-0.2, -0.15) is 8.78 Å². The zero-order chi connectivity index (χ0) is 18.4. The topological polar surface area (TPSA) is 48.4 Å². The molecule has 0 saturated carbocycles. The molecule has 4 nitrogen and oxygen atoms in total. The SMILES string of the molecule is O=C(OC(c1ccccc1)c1ccccn1)c1cccc(OC(F)F)c1. The van der Waals surface area contributed by atoms with Crippen LogP contribution >= 0.6 is 0 Å². The molecule has 1 aromatic heterocycles. The number of halogens is 2. The molecule has 0 radical (unpaired) electrons. The maximum atomic E-state index is 12.5. The molecule has 1 atom stereocenters. The molecule has 1 unspecified atom stereocenters. The van der Waals surface area contributed by atoms with Gasteiger partial charge in [-0.3, -0.25) is 4.98 Å². The van der Waals surface area contributed by atoms with E-state index >= 15 is 0 Å². The molecule has 0 N–H and O–H groups in total. The van der Waals surface area contributed by atoms with E-state index in [0.717, 1.165) is 5.56 Å². The van der Waals surface area contributed by atoms with Crippen LogP contribution in [0.3, 0.4) is 0 Å². The Labute approximate surface area is 149 Å². The zero-order valence-corrected chi connectivity index (χ0v) is 13.6.